The summed E-state index contributed by atoms with van der Waals surface area (Å²) in [6.45, 7) is 1.83. The molecule has 1 aromatic carbocycles. The van der Waals surface area contributed by atoms with Gasteiger partial charge in [0.1, 0.15) is 0 Å². The van der Waals surface area contributed by atoms with Gasteiger partial charge in [-0.05, 0) is 30.2 Å². The van der Waals surface area contributed by atoms with Crippen LogP contribution >= 0.6 is 0 Å². The van der Waals surface area contributed by atoms with Crippen molar-refractivity contribution in [2.24, 2.45) is 11.7 Å². The van der Waals surface area contributed by atoms with E-state index < -0.39 is 0 Å². The molecule has 2 amide bonds. The van der Waals surface area contributed by atoms with Crippen molar-refractivity contribution in [2.75, 3.05) is 5.32 Å². The Labute approximate surface area is 117 Å². The zero-order valence-electron chi connectivity index (χ0n) is 11.3. The standard InChI is InChI=1S/C15H17N3O2/c1-10(8-14(16)19)9-15(20)18-13-6-2-5-12-11(13)4-3-7-17-12/h2-7,10H,8-9H2,1H3,(H2,16,19)(H,18,20)/t10-/m1/s1. The highest BCUT2D eigenvalue weighted by Crippen LogP contribution is 2.21. The molecule has 0 saturated carbocycles. The summed E-state index contributed by atoms with van der Waals surface area (Å²) >= 11 is 0. The quantitative estimate of drug-likeness (QED) is 0.873. The molecular weight excluding hydrogens is 254 g/mol. The molecule has 20 heavy (non-hydrogen) atoms. The first-order chi connectivity index (χ1) is 9.56. The van der Waals surface area contributed by atoms with Gasteiger partial charge < -0.3 is 11.1 Å². The molecule has 1 atom stereocenters. The molecule has 0 aliphatic rings. The number of nitrogens with zero attached hydrogens (tertiary/aromatic N) is 1. The van der Waals surface area contributed by atoms with Crippen LogP contribution in [-0.2, 0) is 9.59 Å². The Hall–Kier alpha value is -2.43. The van der Waals surface area contributed by atoms with Crippen LogP contribution in [0.4, 0.5) is 5.69 Å². The van der Waals surface area contributed by atoms with Crippen LogP contribution in [0.5, 0.6) is 0 Å². The molecule has 0 spiro atoms. The number of fused-ring (bicyclic) bond motifs is 1. The van der Waals surface area contributed by atoms with E-state index in [2.05, 4.69) is 10.3 Å². The van der Waals surface area contributed by atoms with E-state index in [1.807, 2.05) is 37.3 Å². The van der Waals surface area contributed by atoms with Crippen molar-refractivity contribution in [3.63, 3.8) is 0 Å². The van der Waals surface area contributed by atoms with Crippen LogP contribution in [-0.4, -0.2) is 16.8 Å². The number of rotatable bonds is 5. The first kappa shape index (κ1) is 14.0. The maximum atomic E-state index is 12.0. The van der Waals surface area contributed by atoms with Crippen molar-refractivity contribution in [1.82, 2.24) is 4.98 Å². The molecular formula is C15H17N3O2. The van der Waals surface area contributed by atoms with Crippen LogP contribution in [0.1, 0.15) is 19.8 Å². The third-order valence-corrected chi connectivity index (χ3v) is 3.00. The summed E-state index contributed by atoms with van der Waals surface area (Å²) in [5, 5.41) is 3.75. The van der Waals surface area contributed by atoms with Gasteiger partial charge in [0, 0.05) is 24.4 Å². The molecule has 104 valence electrons. The maximum absolute atomic E-state index is 12.0. The van der Waals surface area contributed by atoms with Crippen LogP contribution in [0.15, 0.2) is 36.5 Å². The highest BCUT2D eigenvalue weighted by Gasteiger charge is 2.12. The van der Waals surface area contributed by atoms with E-state index in [4.69, 9.17) is 5.73 Å². The fraction of sp³-hybridized carbons (Fsp3) is 0.267. The minimum absolute atomic E-state index is 0.0689. The molecule has 0 bridgehead atoms. The van der Waals surface area contributed by atoms with E-state index in [1.54, 1.807) is 6.20 Å². The highest BCUT2D eigenvalue weighted by atomic mass is 16.2. The Balaban J connectivity index is 2.08. The second kappa shape index (κ2) is 6.14. The summed E-state index contributed by atoms with van der Waals surface area (Å²) in [6.07, 6.45) is 2.19. The number of carbonyl (C=O) groups is 2. The molecule has 2 aromatic rings. The zero-order valence-corrected chi connectivity index (χ0v) is 11.3. The minimum Gasteiger partial charge on any atom is -0.370 e. The summed E-state index contributed by atoms with van der Waals surface area (Å²) in [4.78, 5) is 27.0. The number of nitrogens with two attached hydrogens (primary N) is 1. The van der Waals surface area contributed by atoms with E-state index in [1.165, 1.54) is 0 Å². The van der Waals surface area contributed by atoms with E-state index in [0.29, 0.717) is 0 Å². The number of amides is 2. The number of anilines is 1. The van der Waals surface area contributed by atoms with Gasteiger partial charge in [-0.2, -0.15) is 0 Å². The summed E-state index contributed by atoms with van der Waals surface area (Å²) < 4.78 is 0. The molecule has 0 unspecified atom stereocenters. The highest BCUT2D eigenvalue weighted by molar-refractivity contribution is 6.01. The van der Waals surface area contributed by atoms with Gasteiger partial charge >= 0.3 is 0 Å². The van der Waals surface area contributed by atoms with Crippen molar-refractivity contribution < 1.29 is 9.59 Å². The lowest BCUT2D eigenvalue weighted by atomic mass is 10.0. The van der Waals surface area contributed by atoms with Crippen molar-refractivity contribution in [2.45, 2.75) is 19.8 Å². The van der Waals surface area contributed by atoms with E-state index in [9.17, 15) is 9.59 Å². The van der Waals surface area contributed by atoms with Gasteiger partial charge in [-0.25, -0.2) is 0 Å². The topological polar surface area (TPSA) is 85.1 Å². The monoisotopic (exact) mass is 271 g/mol. The number of carbonyl (C=O) groups excluding carboxylic acids is 2. The van der Waals surface area contributed by atoms with Crippen molar-refractivity contribution in [1.29, 1.82) is 0 Å². The zero-order chi connectivity index (χ0) is 14.5. The van der Waals surface area contributed by atoms with Gasteiger partial charge in [0.05, 0.1) is 11.2 Å². The predicted molar refractivity (Wildman–Crippen MR) is 78.0 cm³/mol. The third kappa shape index (κ3) is 3.54. The van der Waals surface area contributed by atoms with E-state index in [-0.39, 0.29) is 30.6 Å². The first-order valence-electron chi connectivity index (χ1n) is 6.48. The fourth-order valence-corrected chi connectivity index (χ4v) is 2.15. The van der Waals surface area contributed by atoms with Gasteiger partial charge in [0.25, 0.3) is 0 Å². The molecule has 0 radical (unpaired) electrons. The lowest BCUT2D eigenvalue weighted by Gasteiger charge is -2.11. The molecule has 3 N–H and O–H groups in total. The van der Waals surface area contributed by atoms with Crippen molar-refractivity contribution in [3.05, 3.63) is 36.5 Å². The fourth-order valence-electron chi connectivity index (χ4n) is 2.15. The summed E-state index contributed by atoms with van der Waals surface area (Å²) in [5.74, 6) is -0.588. The number of hydrogen-bond acceptors (Lipinski definition) is 3. The largest absolute Gasteiger partial charge is 0.370 e. The number of nitrogens with one attached hydrogen (secondary N) is 1. The maximum Gasteiger partial charge on any atom is 0.224 e. The molecule has 5 heteroatoms. The minimum atomic E-state index is -0.389. The number of benzene rings is 1. The second-order valence-electron chi connectivity index (χ2n) is 4.90. The molecule has 5 nitrogen and oxygen atoms in total. The van der Waals surface area contributed by atoms with Gasteiger partial charge in [0.15, 0.2) is 0 Å². The Morgan fingerprint density at radius 1 is 1.25 bits per heavy atom. The Morgan fingerprint density at radius 2 is 2.05 bits per heavy atom. The van der Waals surface area contributed by atoms with E-state index in [0.717, 1.165) is 16.6 Å². The van der Waals surface area contributed by atoms with Gasteiger partial charge in [0.2, 0.25) is 11.8 Å². The average Bonchev–Trinajstić information content (AvgIpc) is 2.38. The molecule has 1 aromatic heterocycles. The average molecular weight is 271 g/mol. The Bertz CT molecular complexity index is 635. The number of aromatic nitrogens is 1. The molecule has 0 aliphatic heterocycles. The van der Waals surface area contributed by atoms with Crippen LogP contribution in [0, 0.1) is 5.92 Å². The van der Waals surface area contributed by atoms with Crippen molar-refractivity contribution >= 4 is 28.4 Å². The summed E-state index contributed by atoms with van der Waals surface area (Å²) in [5.41, 5.74) is 6.67. The molecule has 1 heterocycles. The molecule has 0 aliphatic carbocycles. The summed E-state index contributed by atoms with van der Waals surface area (Å²) in [6, 6.07) is 9.30. The van der Waals surface area contributed by atoms with Crippen LogP contribution in [0.3, 0.4) is 0 Å². The first-order valence-corrected chi connectivity index (χ1v) is 6.48. The lowest BCUT2D eigenvalue weighted by molar-refractivity contribution is -0.119. The number of primary amides is 1. The lowest BCUT2D eigenvalue weighted by Crippen LogP contribution is -2.20. The number of pyridine rings is 1. The van der Waals surface area contributed by atoms with Crippen LogP contribution in [0.25, 0.3) is 10.9 Å². The van der Waals surface area contributed by atoms with E-state index >= 15 is 0 Å². The van der Waals surface area contributed by atoms with Gasteiger partial charge in [-0.1, -0.05) is 13.0 Å². The second-order valence-corrected chi connectivity index (χ2v) is 4.90. The van der Waals surface area contributed by atoms with Crippen LogP contribution in [0.2, 0.25) is 0 Å². The smallest absolute Gasteiger partial charge is 0.224 e. The molecule has 0 saturated heterocycles. The third-order valence-electron chi connectivity index (χ3n) is 3.00. The Morgan fingerprint density at radius 3 is 2.80 bits per heavy atom. The molecule has 2 rings (SSSR count). The molecule has 0 fully saturated rings. The predicted octanol–water partition coefficient (Wildman–Crippen LogP) is 2.07. The van der Waals surface area contributed by atoms with Crippen LogP contribution < -0.4 is 11.1 Å². The van der Waals surface area contributed by atoms with Crippen molar-refractivity contribution in [3.8, 4) is 0 Å². The normalized spacial score (nSPS) is 12.1. The SMILES string of the molecule is C[C@H](CC(N)=O)CC(=O)Nc1cccc2ncccc12. The Kier molecular flexibility index (Phi) is 4.30. The van der Waals surface area contributed by atoms with Gasteiger partial charge in [-0.15, -0.1) is 0 Å². The summed E-state index contributed by atoms with van der Waals surface area (Å²) in [7, 11) is 0. The van der Waals surface area contributed by atoms with Gasteiger partial charge in [-0.3, -0.25) is 14.6 Å². The number of hydrogen-bond donors (Lipinski definition) is 2.